The Morgan fingerprint density at radius 2 is 1.13 bits per heavy atom. The molecule has 0 aliphatic heterocycles. The highest BCUT2D eigenvalue weighted by Gasteiger charge is 2.48. The Balaban J connectivity index is 1.69. The highest BCUT2D eigenvalue weighted by atomic mass is 79.9. The molecule has 38 heavy (non-hydrogen) atoms. The number of hydrogen-bond donors (Lipinski definition) is 0. The van der Waals surface area contributed by atoms with E-state index >= 15 is 0 Å². The largest absolute Gasteiger partial charge is 0.455 e. The summed E-state index contributed by atoms with van der Waals surface area (Å²) >= 11 is 4.00. The summed E-state index contributed by atoms with van der Waals surface area (Å²) in [6.07, 6.45) is 0. The molecule has 6 aromatic carbocycles. The van der Waals surface area contributed by atoms with E-state index < -0.39 is 5.41 Å². The lowest BCUT2D eigenvalue weighted by atomic mass is 9.67. The summed E-state index contributed by atoms with van der Waals surface area (Å²) in [5.41, 5.74) is 10.2. The van der Waals surface area contributed by atoms with E-state index in [1.807, 2.05) is 6.07 Å². The predicted octanol–water partition coefficient (Wildman–Crippen LogP) is 10.2. The van der Waals surface area contributed by atoms with Crippen molar-refractivity contribution >= 4 is 48.6 Å². The molecule has 1 heterocycles. The quantitative estimate of drug-likeness (QED) is 0.208. The molecule has 8 rings (SSSR count). The van der Waals surface area contributed by atoms with Crippen LogP contribution in [0.15, 0.2) is 130 Å². The third-order valence-corrected chi connectivity index (χ3v) is 8.95. The van der Waals surface area contributed by atoms with Crippen LogP contribution in [0.5, 0.6) is 0 Å². The van der Waals surface area contributed by atoms with Crippen molar-refractivity contribution in [3.8, 4) is 11.1 Å². The third kappa shape index (κ3) is 2.71. The summed E-state index contributed by atoms with van der Waals surface area (Å²) in [5, 5.41) is 4.81. The SMILES string of the molecule is Cc1cc2c(c3ccccc13)-c1c(cc(Br)c3c1oc1ccccc13)C2(c1ccccc1)c1ccccc1. The Bertz CT molecular complexity index is 1990. The van der Waals surface area contributed by atoms with E-state index in [0.717, 1.165) is 26.4 Å². The van der Waals surface area contributed by atoms with Crippen molar-refractivity contribution in [2.24, 2.45) is 0 Å². The van der Waals surface area contributed by atoms with Crippen LogP contribution in [0.3, 0.4) is 0 Å². The molecular formula is C36H23BrO. The van der Waals surface area contributed by atoms with Crippen LogP contribution in [0, 0.1) is 6.92 Å². The van der Waals surface area contributed by atoms with Crippen LogP contribution in [0.25, 0.3) is 43.8 Å². The van der Waals surface area contributed by atoms with Crippen molar-refractivity contribution in [3.05, 3.63) is 154 Å². The van der Waals surface area contributed by atoms with Crippen LogP contribution >= 0.6 is 15.9 Å². The van der Waals surface area contributed by atoms with Crippen molar-refractivity contribution in [2.45, 2.75) is 12.3 Å². The van der Waals surface area contributed by atoms with Gasteiger partial charge in [0.15, 0.2) is 0 Å². The minimum Gasteiger partial charge on any atom is -0.455 e. The molecule has 0 saturated heterocycles. The monoisotopic (exact) mass is 550 g/mol. The standard InChI is InChI=1S/C36H23BrO/c1-22-20-28-32(26-17-9-8-16-25(22)26)34-29(21-30(37)33-27-18-10-11-19-31(27)38-35(33)34)36(28,23-12-4-2-5-13-23)24-14-6-3-7-15-24/h2-21H,1H3. The normalized spacial score (nSPS) is 13.7. The average molecular weight is 551 g/mol. The number of aryl methyl sites for hydroxylation is 1. The first kappa shape index (κ1) is 21.9. The molecule has 180 valence electrons. The van der Waals surface area contributed by atoms with Crippen LogP contribution in [-0.2, 0) is 5.41 Å². The number of benzene rings is 6. The maximum atomic E-state index is 6.75. The van der Waals surface area contributed by atoms with Crippen molar-refractivity contribution in [3.63, 3.8) is 0 Å². The van der Waals surface area contributed by atoms with Gasteiger partial charge in [-0.1, -0.05) is 125 Å². The highest BCUT2D eigenvalue weighted by Crippen LogP contribution is 2.61. The zero-order valence-electron chi connectivity index (χ0n) is 20.8. The van der Waals surface area contributed by atoms with Gasteiger partial charge in [0.25, 0.3) is 0 Å². The van der Waals surface area contributed by atoms with Gasteiger partial charge in [-0.2, -0.15) is 0 Å². The summed E-state index contributed by atoms with van der Waals surface area (Å²) in [6, 6.07) is 43.8. The molecule has 1 nitrogen and oxygen atoms in total. The molecule has 0 N–H and O–H groups in total. The van der Waals surface area contributed by atoms with Gasteiger partial charge in [-0.05, 0) is 63.2 Å². The van der Waals surface area contributed by atoms with E-state index in [9.17, 15) is 0 Å². The molecule has 1 aromatic heterocycles. The van der Waals surface area contributed by atoms with Crippen LogP contribution in [0.2, 0.25) is 0 Å². The van der Waals surface area contributed by atoms with Crippen LogP contribution < -0.4 is 0 Å². The number of halogens is 1. The molecular weight excluding hydrogens is 528 g/mol. The molecule has 1 aliphatic rings. The highest BCUT2D eigenvalue weighted by molar-refractivity contribution is 9.10. The lowest BCUT2D eigenvalue weighted by Crippen LogP contribution is -2.28. The molecule has 0 spiro atoms. The van der Waals surface area contributed by atoms with Gasteiger partial charge in [0.2, 0.25) is 0 Å². The molecule has 0 fully saturated rings. The molecule has 0 saturated carbocycles. The first-order valence-corrected chi connectivity index (χ1v) is 13.8. The first-order valence-electron chi connectivity index (χ1n) is 13.0. The second-order valence-corrected chi connectivity index (χ2v) is 11.1. The second-order valence-electron chi connectivity index (χ2n) is 10.2. The molecule has 1 aliphatic carbocycles. The van der Waals surface area contributed by atoms with E-state index in [4.69, 9.17) is 4.42 Å². The van der Waals surface area contributed by atoms with Gasteiger partial charge in [0.05, 0.1) is 5.41 Å². The van der Waals surface area contributed by atoms with Crippen molar-refractivity contribution < 1.29 is 4.42 Å². The van der Waals surface area contributed by atoms with Gasteiger partial charge < -0.3 is 4.42 Å². The molecule has 0 unspecified atom stereocenters. The fraction of sp³-hybridized carbons (Fsp3) is 0.0556. The van der Waals surface area contributed by atoms with Gasteiger partial charge in [0.1, 0.15) is 11.2 Å². The first-order chi connectivity index (χ1) is 18.7. The minimum absolute atomic E-state index is 0.488. The molecule has 0 bridgehead atoms. The minimum atomic E-state index is -0.488. The average Bonchev–Trinajstić information content (AvgIpc) is 3.49. The van der Waals surface area contributed by atoms with Gasteiger partial charge in [-0.15, -0.1) is 0 Å². The summed E-state index contributed by atoms with van der Waals surface area (Å²) < 4.78 is 7.80. The lowest BCUT2D eigenvalue weighted by Gasteiger charge is -2.34. The summed E-state index contributed by atoms with van der Waals surface area (Å²) in [6.45, 7) is 2.24. The zero-order valence-corrected chi connectivity index (χ0v) is 22.4. The Morgan fingerprint density at radius 3 is 1.82 bits per heavy atom. The van der Waals surface area contributed by atoms with E-state index in [1.165, 1.54) is 49.7 Å². The van der Waals surface area contributed by atoms with Gasteiger partial charge in [-0.25, -0.2) is 0 Å². The summed E-state index contributed by atoms with van der Waals surface area (Å²) in [4.78, 5) is 0. The number of fused-ring (bicyclic) bond motifs is 9. The number of hydrogen-bond acceptors (Lipinski definition) is 1. The Labute approximate surface area is 229 Å². The molecule has 0 radical (unpaired) electrons. The maximum Gasteiger partial charge on any atom is 0.144 e. The summed E-state index contributed by atoms with van der Waals surface area (Å²) in [7, 11) is 0. The van der Waals surface area contributed by atoms with Gasteiger partial charge >= 0.3 is 0 Å². The summed E-state index contributed by atoms with van der Waals surface area (Å²) in [5.74, 6) is 0. The van der Waals surface area contributed by atoms with Crippen molar-refractivity contribution in [2.75, 3.05) is 0 Å². The maximum absolute atomic E-state index is 6.75. The van der Waals surface area contributed by atoms with Crippen molar-refractivity contribution in [1.29, 1.82) is 0 Å². The van der Waals surface area contributed by atoms with E-state index in [1.54, 1.807) is 0 Å². The Morgan fingerprint density at radius 1 is 0.579 bits per heavy atom. The van der Waals surface area contributed by atoms with E-state index in [2.05, 4.69) is 138 Å². The van der Waals surface area contributed by atoms with Crippen LogP contribution in [0.4, 0.5) is 0 Å². The number of rotatable bonds is 2. The number of furan rings is 1. The Hall–Kier alpha value is -4.14. The van der Waals surface area contributed by atoms with E-state index in [0.29, 0.717) is 0 Å². The lowest BCUT2D eigenvalue weighted by molar-refractivity contribution is 0.668. The smallest absolute Gasteiger partial charge is 0.144 e. The molecule has 0 amide bonds. The van der Waals surface area contributed by atoms with Crippen molar-refractivity contribution in [1.82, 2.24) is 0 Å². The molecule has 2 heteroatoms. The van der Waals surface area contributed by atoms with Crippen LogP contribution in [-0.4, -0.2) is 0 Å². The molecule has 7 aromatic rings. The van der Waals surface area contributed by atoms with Gasteiger partial charge in [-0.3, -0.25) is 0 Å². The zero-order chi connectivity index (χ0) is 25.4. The number of para-hydroxylation sites is 1. The van der Waals surface area contributed by atoms with Gasteiger partial charge in [0, 0.05) is 20.8 Å². The fourth-order valence-electron chi connectivity index (χ4n) is 6.83. The fourth-order valence-corrected chi connectivity index (χ4v) is 7.45. The third-order valence-electron chi connectivity index (χ3n) is 8.32. The Kier molecular flexibility index (Phi) is 4.57. The van der Waals surface area contributed by atoms with E-state index in [-0.39, 0.29) is 0 Å². The van der Waals surface area contributed by atoms with Crippen LogP contribution in [0.1, 0.15) is 27.8 Å². The molecule has 0 atom stereocenters. The predicted molar refractivity (Wildman–Crippen MR) is 161 cm³/mol. The second kappa shape index (κ2) is 7.93. The topological polar surface area (TPSA) is 13.1 Å².